The van der Waals surface area contributed by atoms with Crippen molar-refractivity contribution in [1.82, 2.24) is 0 Å². The fourth-order valence-electron chi connectivity index (χ4n) is 2.69. The van der Waals surface area contributed by atoms with E-state index in [1.54, 1.807) is 0 Å². The molecule has 0 saturated carbocycles. The topological polar surface area (TPSA) is 41.1 Å². The van der Waals surface area contributed by atoms with Gasteiger partial charge in [0.05, 0.1) is 0 Å². The van der Waals surface area contributed by atoms with Crippen LogP contribution in [0.15, 0.2) is 36.4 Å². The molecule has 3 rings (SSSR count). The van der Waals surface area contributed by atoms with Crippen LogP contribution in [0.4, 0.5) is 11.4 Å². The Hall–Kier alpha value is -2.29. The summed E-state index contributed by atoms with van der Waals surface area (Å²) in [6.45, 7) is 4.99. The third-order valence-electron chi connectivity index (χ3n) is 3.56. The Balaban J connectivity index is 1.82. The number of fused-ring (bicyclic) bond motifs is 1. The number of rotatable bonds is 2. The molecule has 0 fully saturated rings. The Morgan fingerprint density at radius 2 is 1.85 bits per heavy atom. The molecule has 20 heavy (non-hydrogen) atoms. The lowest BCUT2D eigenvalue weighted by Crippen LogP contribution is -2.12. The van der Waals surface area contributed by atoms with Crippen LogP contribution in [0.2, 0.25) is 0 Å². The number of carbonyl (C=O) groups is 1. The number of hydrogen-bond acceptors (Lipinski definition) is 2. The van der Waals surface area contributed by atoms with Gasteiger partial charge in [-0.05, 0) is 56.2 Å². The Labute approximate surface area is 119 Å². The summed E-state index contributed by atoms with van der Waals surface area (Å²) in [6.07, 6.45) is 1.02. The van der Waals surface area contributed by atoms with Crippen LogP contribution in [0, 0.1) is 13.8 Å². The zero-order valence-corrected chi connectivity index (χ0v) is 11.8. The van der Waals surface area contributed by atoms with E-state index >= 15 is 0 Å². The van der Waals surface area contributed by atoms with Crippen LogP contribution in [-0.2, 0) is 6.42 Å². The average Bonchev–Trinajstić information content (AvgIpc) is 2.85. The molecular formula is C17H18N2O. The average molecular weight is 266 g/mol. The third-order valence-corrected chi connectivity index (χ3v) is 3.56. The molecule has 0 aromatic heterocycles. The lowest BCUT2D eigenvalue weighted by molar-refractivity contribution is 0.102. The van der Waals surface area contributed by atoms with E-state index in [-0.39, 0.29) is 5.91 Å². The third kappa shape index (κ3) is 2.52. The van der Waals surface area contributed by atoms with Gasteiger partial charge in [-0.25, -0.2) is 0 Å². The van der Waals surface area contributed by atoms with Crippen molar-refractivity contribution in [3.05, 3.63) is 58.7 Å². The minimum atomic E-state index is -0.0530. The Bertz CT molecular complexity index is 656. The molecule has 0 saturated heterocycles. The van der Waals surface area contributed by atoms with Gasteiger partial charge in [0.15, 0.2) is 0 Å². The number of hydrogen-bond donors (Lipinski definition) is 2. The van der Waals surface area contributed by atoms with Crippen molar-refractivity contribution < 1.29 is 4.79 Å². The van der Waals surface area contributed by atoms with Gasteiger partial charge in [0.25, 0.3) is 5.91 Å². The molecule has 0 radical (unpaired) electrons. The van der Waals surface area contributed by atoms with Gasteiger partial charge in [0, 0.05) is 23.5 Å². The second-order valence-corrected chi connectivity index (χ2v) is 5.38. The number of carbonyl (C=O) groups excluding carboxylic acids is 1. The van der Waals surface area contributed by atoms with Crippen LogP contribution in [0.1, 0.15) is 27.0 Å². The molecule has 3 nitrogen and oxygen atoms in total. The first-order chi connectivity index (χ1) is 9.61. The predicted molar refractivity (Wildman–Crippen MR) is 82.5 cm³/mol. The molecule has 1 aliphatic heterocycles. The summed E-state index contributed by atoms with van der Waals surface area (Å²) in [5.41, 5.74) is 6.22. The molecule has 1 heterocycles. The standard InChI is InChI=1S/C17H18N2O/c1-11-7-12(2)9-14(8-11)17(20)19-15-3-4-16-13(10-15)5-6-18-16/h3-4,7-10,18H,5-6H2,1-2H3,(H,19,20). The zero-order valence-electron chi connectivity index (χ0n) is 11.8. The quantitative estimate of drug-likeness (QED) is 0.873. The van der Waals surface area contributed by atoms with Crippen LogP contribution in [-0.4, -0.2) is 12.5 Å². The van der Waals surface area contributed by atoms with Gasteiger partial charge in [-0.1, -0.05) is 17.2 Å². The largest absolute Gasteiger partial charge is 0.384 e. The van der Waals surface area contributed by atoms with Gasteiger partial charge >= 0.3 is 0 Å². The summed E-state index contributed by atoms with van der Waals surface area (Å²) in [5, 5.41) is 6.29. The normalized spacial score (nSPS) is 12.7. The molecule has 3 heteroatoms. The number of benzene rings is 2. The summed E-state index contributed by atoms with van der Waals surface area (Å²) in [4.78, 5) is 12.3. The van der Waals surface area contributed by atoms with Gasteiger partial charge in [-0.15, -0.1) is 0 Å². The maximum absolute atomic E-state index is 12.3. The van der Waals surface area contributed by atoms with E-state index in [1.807, 2.05) is 38.1 Å². The molecule has 0 unspecified atom stereocenters. The predicted octanol–water partition coefficient (Wildman–Crippen LogP) is 3.52. The molecule has 0 aliphatic carbocycles. The lowest BCUT2D eigenvalue weighted by Gasteiger charge is -2.08. The molecule has 1 amide bonds. The van der Waals surface area contributed by atoms with Crippen molar-refractivity contribution in [2.75, 3.05) is 17.2 Å². The van der Waals surface area contributed by atoms with Crippen molar-refractivity contribution in [1.29, 1.82) is 0 Å². The molecule has 0 bridgehead atoms. The first-order valence-corrected chi connectivity index (χ1v) is 6.88. The van der Waals surface area contributed by atoms with E-state index in [0.29, 0.717) is 5.56 Å². The fourth-order valence-corrected chi connectivity index (χ4v) is 2.69. The van der Waals surface area contributed by atoms with Crippen molar-refractivity contribution in [3.8, 4) is 0 Å². The second kappa shape index (κ2) is 5.00. The van der Waals surface area contributed by atoms with E-state index in [9.17, 15) is 4.79 Å². The van der Waals surface area contributed by atoms with Crippen molar-refractivity contribution in [2.45, 2.75) is 20.3 Å². The van der Waals surface area contributed by atoms with Crippen LogP contribution in [0.5, 0.6) is 0 Å². The summed E-state index contributed by atoms with van der Waals surface area (Å²) in [7, 11) is 0. The van der Waals surface area contributed by atoms with Crippen LogP contribution in [0.25, 0.3) is 0 Å². The summed E-state index contributed by atoms with van der Waals surface area (Å²) in [6, 6.07) is 11.9. The van der Waals surface area contributed by atoms with Crippen molar-refractivity contribution in [3.63, 3.8) is 0 Å². The molecular weight excluding hydrogens is 248 g/mol. The van der Waals surface area contributed by atoms with Crippen LogP contribution in [0.3, 0.4) is 0 Å². The highest BCUT2D eigenvalue weighted by molar-refractivity contribution is 6.04. The molecule has 102 valence electrons. The molecule has 2 N–H and O–H groups in total. The van der Waals surface area contributed by atoms with E-state index in [4.69, 9.17) is 0 Å². The van der Waals surface area contributed by atoms with Crippen LogP contribution >= 0.6 is 0 Å². The van der Waals surface area contributed by atoms with Gasteiger partial charge < -0.3 is 10.6 Å². The number of amides is 1. The van der Waals surface area contributed by atoms with Crippen molar-refractivity contribution in [2.24, 2.45) is 0 Å². The zero-order chi connectivity index (χ0) is 14.1. The Morgan fingerprint density at radius 3 is 2.60 bits per heavy atom. The maximum Gasteiger partial charge on any atom is 0.255 e. The Kier molecular flexibility index (Phi) is 3.18. The minimum Gasteiger partial charge on any atom is -0.384 e. The van der Waals surface area contributed by atoms with Crippen LogP contribution < -0.4 is 10.6 Å². The summed E-state index contributed by atoms with van der Waals surface area (Å²) >= 11 is 0. The summed E-state index contributed by atoms with van der Waals surface area (Å²) < 4.78 is 0. The molecule has 2 aromatic carbocycles. The van der Waals surface area contributed by atoms with E-state index in [2.05, 4.69) is 22.8 Å². The molecule has 1 aliphatic rings. The highest BCUT2D eigenvalue weighted by Gasteiger charge is 2.12. The maximum atomic E-state index is 12.3. The van der Waals surface area contributed by atoms with Gasteiger partial charge in [-0.2, -0.15) is 0 Å². The molecule has 2 aromatic rings. The Morgan fingerprint density at radius 1 is 1.10 bits per heavy atom. The first-order valence-electron chi connectivity index (χ1n) is 6.88. The van der Waals surface area contributed by atoms with Crippen molar-refractivity contribution >= 4 is 17.3 Å². The van der Waals surface area contributed by atoms with E-state index < -0.39 is 0 Å². The first kappa shape index (κ1) is 12.7. The van der Waals surface area contributed by atoms with Gasteiger partial charge in [0.1, 0.15) is 0 Å². The monoisotopic (exact) mass is 266 g/mol. The molecule has 0 atom stereocenters. The highest BCUT2D eigenvalue weighted by atomic mass is 16.1. The fraction of sp³-hybridized carbons (Fsp3) is 0.235. The second-order valence-electron chi connectivity index (χ2n) is 5.38. The number of aryl methyl sites for hydroxylation is 2. The lowest BCUT2D eigenvalue weighted by atomic mass is 10.1. The van der Waals surface area contributed by atoms with Gasteiger partial charge in [-0.3, -0.25) is 4.79 Å². The smallest absolute Gasteiger partial charge is 0.255 e. The number of anilines is 2. The van der Waals surface area contributed by atoms with Gasteiger partial charge in [0.2, 0.25) is 0 Å². The minimum absolute atomic E-state index is 0.0530. The number of nitrogens with one attached hydrogen (secondary N) is 2. The van der Waals surface area contributed by atoms with E-state index in [0.717, 1.165) is 29.8 Å². The molecule has 0 spiro atoms. The van der Waals surface area contributed by atoms with E-state index in [1.165, 1.54) is 11.3 Å². The SMILES string of the molecule is Cc1cc(C)cc(C(=O)Nc2ccc3c(c2)CCN3)c1. The summed E-state index contributed by atoms with van der Waals surface area (Å²) in [5.74, 6) is -0.0530. The highest BCUT2D eigenvalue weighted by Crippen LogP contribution is 2.25.